The molecule has 0 aromatic rings. The van der Waals surface area contributed by atoms with Crippen LogP contribution in [0.15, 0.2) is 0 Å². The van der Waals surface area contributed by atoms with Crippen molar-refractivity contribution in [3.8, 4) is 0 Å². The maximum absolute atomic E-state index is 11.9. The third kappa shape index (κ3) is 3.09. The molecular formula is C11H22N2O3. The van der Waals surface area contributed by atoms with Gasteiger partial charge < -0.3 is 20.4 Å². The summed E-state index contributed by atoms with van der Waals surface area (Å²) in [5.74, 6) is 0. The van der Waals surface area contributed by atoms with Crippen LogP contribution in [0.2, 0.25) is 0 Å². The van der Waals surface area contributed by atoms with Gasteiger partial charge in [-0.3, -0.25) is 0 Å². The third-order valence-corrected chi connectivity index (χ3v) is 3.30. The fourth-order valence-electron chi connectivity index (χ4n) is 1.84. The number of carbonyl (C=O) groups excluding carboxylic acids is 1. The molecule has 1 fully saturated rings. The number of rotatable bonds is 4. The normalized spacial score (nSPS) is 17.3. The molecule has 5 heteroatoms. The molecule has 0 atom stereocenters. The number of piperidine rings is 1. The van der Waals surface area contributed by atoms with E-state index in [2.05, 4.69) is 5.32 Å². The predicted octanol–water partition coefficient (Wildman–Crippen LogP) is 0.315. The summed E-state index contributed by atoms with van der Waals surface area (Å²) in [5, 5.41) is 21.2. The lowest BCUT2D eigenvalue weighted by atomic mass is 9.99. The van der Waals surface area contributed by atoms with Crippen molar-refractivity contribution in [2.75, 3.05) is 26.3 Å². The molecule has 1 rings (SSSR count). The first-order valence-corrected chi connectivity index (χ1v) is 5.96. The summed E-state index contributed by atoms with van der Waals surface area (Å²) < 4.78 is 0. The molecule has 1 heterocycles. The fraction of sp³-hybridized carbons (Fsp3) is 0.909. The number of carbonyl (C=O) groups is 1. The topological polar surface area (TPSA) is 72.8 Å². The second kappa shape index (κ2) is 6.06. The molecule has 1 saturated heterocycles. The van der Waals surface area contributed by atoms with Crippen LogP contribution in [0.4, 0.5) is 4.79 Å². The van der Waals surface area contributed by atoms with Gasteiger partial charge in [0.05, 0.1) is 18.8 Å². The van der Waals surface area contributed by atoms with E-state index in [0.29, 0.717) is 6.42 Å². The zero-order valence-electron chi connectivity index (χ0n) is 9.91. The largest absolute Gasteiger partial charge is 0.394 e. The Hall–Kier alpha value is -0.810. The Labute approximate surface area is 96.4 Å². The van der Waals surface area contributed by atoms with E-state index in [1.165, 1.54) is 6.42 Å². The molecule has 0 bridgehead atoms. The molecule has 0 saturated carbocycles. The summed E-state index contributed by atoms with van der Waals surface area (Å²) in [6, 6.07) is -0.176. The Morgan fingerprint density at radius 3 is 2.25 bits per heavy atom. The van der Waals surface area contributed by atoms with Crippen molar-refractivity contribution >= 4 is 6.03 Å². The molecule has 5 nitrogen and oxygen atoms in total. The van der Waals surface area contributed by atoms with Gasteiger partial charge in [-0.15, -0.1) is 0 Å². The second-order valence-electron chi connectivity index (χ2n) is 4.43. The smallest absolute Gasteiger partial charge is 0.317 e. The molecule has 1 aliphatic rings. The van der Waals surface area contributed by atoms with Crippen molar-refractivity contribution in [1.29, 1.82) is 0 Å². The highest BCUT2D eigenvalue weighted by atomic mass is 16.3. The number of hydrogen-bond acceptors (Lipinski definition) is 3. The van der Waals surface area contributed by atoms with Gasteiger partial charge in [0.1, 0.15) is 0 Å². The predicted molar refractivity (Wildman–Crippen MR) is 61.1 cm³/mol. The number of aliphatic hydroxyl groups is 2. The molecule has 0 spiro atoms. The Morgan fingerprint density at radius 2 is 1.81 bits per heavy atom. The highest BCUT2D eigenvalue weighted by Gasteiger charge is 2.30. The summed E-state index contributed by atoms with van der Waals surface area (Å²) in [4.78, 5) is 13.6. The number of urea groups is 1. The van der Waals surface area contributed by atoms with Gasteiger partial charge in [-0.1, -0.05) is 6.92 Å². The SMILES string of the molecule is CCC(CO)(CO)NC(=O)N1CCCCC1. The number of likely N-dealkylation sites (tertiary alicyclic amines) is 1. The quantitative estimate of drug-likeness (QED) is 0.651. The van der Waals surface area contributed by atoms with Crippen molar-refractivity contribution in [2.24, 2.45) is 0 Å². The van der Waals surface area contributed by atoms with E-state index in [1.807, 2.05) is 6.92 Å². The van der Waals surface area contributed by atoms with Gasteiger partial charge in [0, 0.05) is 13.1 Å². The van der Waals surface area contributed by atoms with E-state index in [9.17, 15) is 15.0 Å². The van der Waals surface area contributed by atoms with Gasteiger partial charge in [0.25, 0.3) is 0 Å². The molecule has 0 unspecified atom stereocenters. The molecule has 2 amide bonds. The van der Waals surface area contributed by atoms with Gasteiger partial charge in [-0.25, -0.2) is 4.79 Å². The minimum absolute atomic E-state index is 0.176. The van der Waals surface area contributed by atoms with Crippen molar-refractivity contribution in [3.05, 3.63) is 0 Å². The van der Waals surface area contributed by atoms with E-state index >= 15 is 0 Å². The average Bonchev–Trinajstić information content (AvgIpc) is 2.37. The van der Waals surface area contributed by atoms with Crippen molar-refractivity contribution < 1.29 is 15.0 Å². The molecule has 16 heavy (non-hydrogen) atoms. The highest BCUT2D eigenvalue weighted by Crippen LogP contribution is 2.12. The van der Waals surface area contributed by atoms with Crippen molar-refractivity contribution in [3.63, 3.8) is 0 Å². The average molecular weight is 230 g/mol. The Kier molecular flexibility index (Phi) is 5.02. The lowest BCUT2D eigenvalue weighted by Gasteiger charge is -2.34. The highest BCUT2D eigenvalue weighted by molar-refractivity contribution is 5.75. The first-order valence-electron chi connectivity index (χ1n) is 5.96. The van der Waals surface area contributed by atoms with E-state index in [1.54, 1.807) is 4.90 Å². The standard InChI is InChI=1S/C11H22N2O3/c1-2-11(8-14,9-15)12-10(16)13-6-4-3-5-7-13/h14-15H,2-9H2,1H3,(H,12,16). The van der Waals surface area contributed by atoms with Crippen LogP contribution in [-0.2, 0) is 0 Å². The van der Waals surface area contributed by atoms with E-state index in [-0.39, 0.29) is 19.2 Å². The maximum atomic E-state index is 11.9. The van der Waals surface area contributed by atoms with E-state index < -0.39 is 5.54 Å². The molecular weight excluding hydrogens is 208 g/mol. The summed E-state index contributed by atoms with van der Waals surface area (Å²) in [7, 11) is 0. The number of amides is 2. The lowest BCUT2D eigenvalue weighted by Crippen LogP contribution is -2.58. The lowest BCUT2D eigenvalue weighted by molar-refractivity contribution is 0.0848. The molecule has 0 aromatic carbocycles. The van der Waals surface area contributed by atoms with Gasteiger partial charge in [0.15, 0.2) is 0 Å². The first-order chi connectivity index (χ1) is 7.67. The summed E-state index contributed by atoms with van der Waals surface area (Å²) in [6.07, 6.45) is 3.75. The van der Waals surface area contributed by atoms with Gasteiger partial charge in [-0.2, -0.15) is 0 Å². The molecule has 0 radical (unpaired) electrons. The number of hydrogen-bond donors (Lipinski definition) is 3. The zero-order valence-corrected chi connectivity index (χ0v) is 9.91. The van der Waals surface area contributed by atoms with Crippen LogP contribution in [0.5, 0.6) is 0 Å². The van der Waals surface area contributed by atoms with Gasteiger partial charge >= 0.3 is 6.03 Å². The minimum atomic E-state index is -0.880. The summed E-state index contributed by atoms with van der Waals surface area (Å²) in [6.45, 7) is 2.90. The second-order valence-corrected chi connectivity index (χ2v) is 4.43. The molecule has 0 aromatic heterocycles. The van der Waals surface area contributed by atoms with Gasteiger partial charge in [0.2, 0.25) is 0 Å². The molecule has 94 valence electrons. The zero-order chi connectivity index (χ0) is 12.0. The van der Waals surface area contributed by atoms with Crippen molar-refractivity contribution in [1.82, 2.24) is 10.2 Å². The van der Waals surface area contributed by atoms with Crippen LogP contribution in [0.1, 0.15) is 32.6 Å². The summed E-state index contributed by atoms with van der Waals surface area (Å²) >= 11 is 0. The van der Waals surface area contributed by atoms with Gasteiger partial charge in [-0.05, 0) is 25.7 Å². The Balaban J connectivity index is 2.53. The maximum Gasteiger partial charge on any atom is 0.317 e. The van der Waals surface area contributed by atoms with E-state index in [4.69, 9.17) is 0 Å². The van der Waals surface area contributed by atoms with Crippen LogP contribution in [0, 0.1) is 0 Å². The Bertz CT molecular complexity index is 215. The van der Waals surface area contributed by atoms with Crippen LogP contribution >= 0.6 is 0 Å². The first kappa shape index (κ1) is 13.3. The fourth-order valence-corrected chi connectivity index (χ4v) is 1.84. The molecule has 0 aliphatic carbocycles. The summed E-state index contributed by atoms with van der Waals surface area (Å²) in [5.41, 5.74) is -0.880. The number of nitrogens with one attached hydrogen (secondary N) is 1. The molecule has 1 aliphatic heterocycles. The van der Waals surface area contributed by atoms with Crippen LogP contribution in [0.25, 0.3) is 0 Å². The van der Waals surface area contributed by atoms with Crippen LogP contribution in [0.3, 0.4) is 0 Å². The van der Waals surface area contributed by atoms with E-state index in [0.717, 1.165) is 25.9 Å². The van der Waals surface area contributed by atoms with Crippen LogP contribution in [-0.4, -0.2) is 53.0 Å². The Morgan fingerprint density at radius 1 is 1.25 bits per heavy atom. The number of nitrogens with zero attached hydrogens (tertiary/aromatic N) is 1. The number of aliphatic hydroxyl groups excluding tert-OH is 2. The molecule has 3 N–H and O–H groups in total. The minimum Gasteiger partial charge on any atom is -0.394 e. The third-order valence-electron chi connectivity index (χ3n) is 3.30. The monoisotopic (exact) mass is 230 g/mol. The van der Waals surface area contributed by atoms with Crippen LogP contribution < -0.4 is 5.32 Å². The van der Waals surface area contributed by atoms with Crippen molar-refractivity contribution in [2.45, 2.75) is 38.1 Å².